The molecule has 0 saturated carbocycles. The summed E-state index contributed by atoms with van der Waals surface area (Å²) < 4.78 is 0. The number of carbonyl (C=O) groups is 2. The van der Waals surface area contributed by atoms with E-state index in [2.05, 4.69) is 15.3 Å². The Balaban J connectivity index is 2.16. The van der Waals surface area contributed by atoms with Crippen LogP contribution in [0.3, 0.4) is 0 Å². The van der Waals surface area contributed by atoms with E-state index in [-0.39, 0.29) is 22.8 Å². The van der Waals surface area contributed by atoms with E-state index < -0.39 is 11.8 Å². The normalized spacial score (nSPS) is 9.89. The summed E-state index contributed by atoms with van der Waals surface area (Å²) in [6, 6.07) is 5.68. The van der Waals surface area contributed by atoms with Gasteiger partial charge in [-0.1, -0.05) is 0 Å². The number of nitrogens with two attached hydrogens (primary N) is 1. The van der Waals surface area contributed by atoms with Crippen LogP contribution in [0.2, 0.25) is 0 Å². The third-order valence-corrected chi connectivity index (χ3v) is 2.30. The van der Waals surface area contributed by atoms with Gasteiger partial charge in [-0.15, -0.1) is 0 Å². The first-order valence-electron chi connectivity index (χ1n) is 5.29. The summed E-state index contributed by atoms with van der Waals surface area (Å²) in [6.07, 6.45) is 2.63. The fourth-order valence-corrected chi connectivity index (χ4v) is 1.34. The van der Waals surface area contributed by atoms with Crippen LogP contribution in [0.15, 0.2) is 36.7 Å². The molecule has 0 fully saturated rings. The number of hydrogen-bond acceptors (Lipinski definition) is 5. The first-order valence-corrected chi connectivity index (χ1v) is 5.29. The molecule has 0 aromatic carbocycles. The zero-order valence-corrected chi connectivity index (χ0v) is 9.70. The standard InChI is InChI=1S/C12H10N4O3/c13-10(18)7-3-4-8(15-6-7)12(19)16-11-9(17)2-1-5-14-11/h1-6,17H,(H2,13,18)(H,14,16,19). The van der Waals surface area contributed by atoms with Crippen molar-refractivity contribution in [2.75, 3.05) is 5.32 Å². The molecular weight excluding hydrogens is 248 g/mol. The van der Waals surface area contributed by atoms with E-state index in [0.717, 1.165) is 0 Å². The average molecular weight is 258 g/mol. The molecule has 0 radical (unpaired) electrons. The highest BCUT2D eigenvalue weighted by Crippen LogP contribution is 2.18. The number of pyridine rings is 2. The number of anilines is 1. The number of nitrogens with zero attached hydrogens (tertiary/aromatic N) is 2. The number of nitrogens with one attached hydrogen (secondary N) is 1. The van der Waals surface area contributed by atoms with Gasteiger partial charge in [-0.2, -0.15) is 0 Å². The molecule has 19 heavy (non-hydrogen) atoms. The molecule has 0 saturated heterocycles. The quantitative estimate of drug-likeness (QED) is 0.742. The summed E-state index contributed by atoms with van der Waals surface area (Å²) >= 11 is 0. The Labute approximate surface area is 108 Å². The summed E-state index contributed by atoms with van der Waals surface area (Å²) in [6.45, 7) is 0. The summed E-state index contributed by atoms with van der Waals surface area (Å²) in [4.78, 5) is 30.3. The van der Waals surface area contributed by atoms with Gasteiger partial charge in [0.2, 0.25) is 5.91 Å². The van der Waals surface area contributed by atoms with E-state index in [9.17, 15) is 14.7 Å². The van der Waals surface area contributed by atoms with Crippen LogP contribution in [0.25, 0.3) is 0 Å². The molecule has 7 nitrogen and oxygen atoms in total. The molecule has 2 rings (SSSR count). The van der Waals surface area contributed by atoms with Gasteiger partial charge in [0.1, 0.15) is 5.69 Å². The van der Waals surface area contributed by atoms with Crippen molar-refractivity contribution in [3.8, 4) is 5.75 Å². The predicted molar refractivity (Wildman–Crippen MR) is 66.6 cm³/mol. The third kappa shape index (κ3) is 2.83. The molecular formula is C12H10N4O3. The molecule has 0 unspecified atom stereocenters. The van der Waals surface area contributed by atoms with Crippen LogP contribution in [-0.4, -0.2) is 26.9 Å². The van der Waals surface area contributed by atoms with Crippen LogP contribution in [0.5, 0.6) is 5.75 Å². The van der Waals surface area contributed by atoms with Gasteiger partial charge < -0.3 is 16.2 Å². The van der Waals surface area contributed by atoms with E-state index in [1.165, 1.54) is 36.7 Å². The number of primary amides is 1. The van der Waals surface area contributed by atoms with Gasteiger partial charge in [0, 0.05) is 12.4 Å². The minimum absolute atomic E-state index is 0.0354. The maximum atomic E-state index is 11.8. The van der Waals surface area contributed by atoms with Crippen LogP contribution in [0, 0.1) is 0 Å². The van der Waals surface area contributed by atoms with Crippen LogP contribution in [0.1, 0.15) is 20.8 Å². The van der Waals surface area contributed by atoms with Gasteiger partial charge in [0.05, 0.1) is 5.56 Å². The monoisotopic (exact) mass is 258 g/mol. The Morgan fingerprint density at radius 3 is 2.58 bits per heavy atom. The number of rotatable bonds is 3. The Morgan fingerprint density at radius 1 is 1.21 bits per heavy atom. The van der Waals surface area contributed by atoms with Crippen molar-refractivity contribution < 1.29 is 14.7 Å². The number of aromatic hydroxyl groups is 1. The molecule has 7 heteroatoms. The number of amides is 2. The van der Waals surface area contributed by atoms with Gasteiger partial charge in [-0.25, -0.2) is 4.98 Å². The van der Waals surface area contributed by atoms with Crippen molar-refractivity contribution >= 4 is 17.6 Å². The molecule has 0 aliphatic carbocycles. The summed E-state index contributed by atoms with van der Waals surface area (Å²) in [5.41, 5.74) is 5.35. The van der Waals surface area contributed by atoms with Gasteiger partial charge in [-0.3, -0.25) is 14.6 Å². The van der Waals surface area contributed by atoms with Gasteiger partial charge in [0.25, 0.3) is 5.91 Å². The van der Waals surface area contributed by atoms with Crippen LogP contribution in [-0.2, 0) is 0 Å². The predicted octanol–water partition coefficient (Wildman–Crippen LogP) is 0.533. The molecule has 2 aromatic heterocycles. The van der Waals surface area contributed by atoms with E-state index in [1.807, 2.05) is 0 Å². The van der Waals surface area contributed by atoms with Crippen LogP contribution >= 0.6 is 0 Å². The SMILES string of the molecule is NC(=O)c1ccc(C(=O)Nc2ncccc2O)nc1. The van der Waals surface area contributed by atoms with Crippen molar-refractivity contribution in [1.29, 1.82) is 0 Å². The maximum absolute atomic E-state index is 11.8. The molecule has 0 atom stereocenters. The average Bonchev–Trinajstić information content (AvgIpc) is 2.41. The van der Waals surface area contributed by atoms with Gasteiger partial charge in [0.15, 0.2) is 11.6 Å². The largest absolute Gasteiger partial charge is 0.504 e. The first kappa shape index (κ1) is 12.5. The molecule has 2 aromatic rings. The second-order valence-corrected chi connectivity index (χ2v) is 3.62. The minimum Gasteiger partial charge on any atom is -0.504 e. The van der Waals surface area contributed by atoms with Crippen molar-refractivity contribution in [3.05, 3.63) is 47.9 Å². The molecule has 2 heterocycles. The van der Waals surface area contributed by atoms with Gasteiger partial charge in [-0.05, 0) is 24.3 Å². The zero-order chi connectivity index (χ0) is 13.8. The zero-order valence-electron chi connectivity index (χ0n) is 9.70. The summed E-state index contributed by atoms with van der Waals surface area (Å²) in [7, 11) is 0. The lowest BCUT2D eigenvalue weighted by molar-refractivity contribution is 0.0993. The Bertz CT molecular complexity index is 625. The molecule has 0 bridgehead atoms. The Morgan fingerprint density at radius 2 is 2.00 bits per heavy atom. The van der Waals surface area contributed by atoms with Crippen LogP contribution < -0.4 is 11.1 Å². The molecule has 4 N–H and O–H groups in total. The van der Waals surface area contributed by atoms with Crippen molar-refractivity contribution in [1.82, 2.24) is 9.97 Å². The molecule has 0 aliphatic rings. The Hall–Kier alpha value is -2.96. The molecule has 2 amide bonds. The van der Waals surface area contributed by atoms with E-state index in [0.29, 0.717) is 0 Å². The van der Waals surface area contributed by atoms with E-state index >= 15 is 0 Å². The lowest BCUT2D eigenvalue weighted by Crippen LogP contribution is -2.16. The van der Waals surface area contributed by atoms with Crippen molar-refractivity contribution in [3.63, 3.8) is 0 Å². The first-order chi connectivity index (χ1) is 9.08. The Kier molecular flexibility index (Phi) is 3.37. The molecule has 0 spiro atoms. The topological polar surface area (TPSA) is 118 Å². The smallest absolute Gasteiger partial charge is 0.275 e. The number of carbonyl (C=O) groups excluding carboxylic acids is 2. The second kappa shape index (κ2) is 5.13. The van der Waals surface area contributed by atoms with E-state index in [1.54, 1.807) is 0 Å². The number of aromatic nitrogens is 2. The maximum Gasteiger partial charge on any atom is 0.275 e. The summed E-state index contributed by atoms with van der Waals surface area (Å²) in [5, 5.41) is 11.9. The van der Waals surface area contributed by atoms with Crippen molar-refractivity contribution in [2.45, 2.75) is 0 Å². The molecule has 0 aliphatic heterocycles. The fourth-order valence-electron chi connectivity index (χ4n) is 1.34. The highest BCUT2D eigenvalue weighted by molar-refractivity contribution is 6.03. The van der Waals surface area contributed by atoms with E-state index in [4.69, 9.17) is 5.73 Å². The minimum atomic E-state index is -0.623. The fraction of sp³-hybridized carbons (Fsp3) is 0. The third-order valence-electron chi connectivity index (χ3n) is 2.30. The lowest BCUT2D eigenvalue weighted by atomic mass is 10.2. The highest BCUT2D eigenvalue weighted by Gasteiger charge is 2.11. The molecule has 96 valence electrons. The highest BCUT2D eigenvalue weighted by atomic mass is 16.3. The summed E-state index contributed by atoms with van der Waals surface area (Å²) in [5.74, 6) is -1.29. The lowest BCUT2D eigenvalue weighted by Gasteiger charge is -2.05. The van der Waals surface area contributed by atoms with Gasteiger partial charge >= 0.3 is 0 Å². The van der Waals surface area contributed by atoms with Crippen molar-refractivity contribution in [2.24, 2.45) is 5.73 Å². The second-order valence-electron chi connectivity index (χ2n) is 3.62. The number of hydrogen-bond donors (Lipinski definition) is 3. The van der Waals surface area contributed by atoms with Crippen LogP contribution in [0.4, 0.5) is 5.82 Å².